The van der Waals surface area contributed by atoms with Crippen LogP contribution in [0.1, 0.15) is 18.1 Å². The molecule has 0 saturated carbocycles. The first-order valence-corrected chi connectivity index (χ1v) is 5.59. The SMILES string of the molecule is CCn1ccn(Cc2ccc(F)c(C#N)c2)c1=O. The second kappa shape index (κ2) is 4.88. The van der Waals surface area contributed by atoms with Crippen LogP contribution in [0.3, 0.4) is 0 Å². The van der Waals surface area contributed by atoms with E-state index in [4.69, 9.17) is 5.26 Å². The topological polar surface area (TPSA) is 50.7 Å². The maximum absolute atomic E-state index is 13.2. The minimum absolute atomic E-state index is 0.00419. The molecule has 0 amide bonds. The maximum atomic E-state index is 13.2. The third kappa shape index (κ3) is 2.18. The van der Waals surface area contributed by atoms with Crippen LogP contribution in [0.25, 0.3) is 0 Å². The number of aromatic nitrogens is 2. The summed E-state index contributed by atoms with van der Waals surface area (Å²) in [6.07, 6.45) is 3.39. The van der Waals surface area contributed by atoms with Gasteiger partial charge in [0.15, 0.2) is 0 Å². The van der Waals surface area contributed by atoms with Crippen molar-refractivity contribution in [1.29, 1.82) is 5.26 Å². The number of benzene rings is 1. The predicted molar refractivity (Wildman–Crippen MR) is 64.6 cm³/mol. The van der Waals surface area contributed by atoms with Crippen LogP contribution in [0.4, 0.5) is 4.39 Å². The molecule has 2 rings (SSSR count). The van der Waals surface area contributed by atoms with E-state index >= 15 is 0 Å². The summed E-state index contributed by atoms with van der Waals surface area (Å²) in [5.41, 5.74) is 0.611. The monoisotopic (exact) mass is 245 g/mol. The standard InChI is InChI=1S/C13H12FN3O/c1-2-16-5-6-17(13(16)18)9-10-3-4-12(14)11(7-10)8-15/h3-7H,2,9H2,1H3. The minimum atomic E-state index is -0.542. The highest BCUT2D eigenvalue weighted by atomic mass is 19.1. The number of aryl methyl sites for hydroxylation is 1. The Balaban J connectivity index is 2.32. The Labute approximate surface area is 104 Å². The summed E-state index contributed by atoms with van der Waals surface area (Å²) in [7, 11) is 0. The quantitative estimate of drug-likeness (QED) is 0.826. The van der Waals surface area contributed by atoms with E-state index in [-0.39, 0.29) is 11.3 Å². The number of hydrogen-bond acceptors (Lipinski definition) is 2. The average molecular weight is 245 g/mol. The molecular formula is C13H12FN3O. The molecule has 0 aliphatic rings. The minimum Gasteiger partial charge on any atom is -0.300 e. The summed E-state index contributed by atoms with van der Waals surface area (Å²) in [6.45, 7) is 2.83. The zero-order chi connectivity index (χ0) is 13.1. The van der Waals surface area contributed by atoms with Gasteiger partial charge in [-0.2, -0.15) is 5.26 Å². The fourth-order valence-corrected chi connectivity index (χ4v) is 1.77. The van der Waals surface area contributed by atoms with E-state index in [2.05, 4.69) is 0 Å². The highest BCUT2D eigenvalue weighted by Gasteiger charge is 2.06. The Kier molecular flexibility index (Phi) is 3.28. The molecule has 1 aromatic heterocycles. The molecule has 0 N–H and O–H groups in total. The zero-order valence-electron chi connectivity index (χ0n) is 9.93. The Morgan fingerprint density at radius 1 is 1.33 bits per heavy atom. The molecule has 92 valence electrons. The first kappa shape index (κ1) is 12.1. The van der Waals surface area contributed by atoms with Crippen molar-refractivity contribution < 1.29 is 4.39 Å². The third-order valence-electron chi connectivity index (χ3n) is 2.76. The average Bonchev–Trinajstić information content (AvgIpc) is 2.73. The number of imidazole rings is 1. The summed E-state index contributed by atoms with van der Waals surface area (Å²) in [5, 5.41) is 8.74. The van der Waals surface area contributed by atoms with Gasteiger partial charge in [-0.3, -0.25) is 9.13 Å². The molecule has 18 heavy (non-hydrogen) atoms. The lowest BCUT2D eigenvalue weighted by atomic mass is 10.1. The molecular weight excluding hydrogens is 233 g/mol. The zero-order valence-corrected chi connectivity index (χ0v) is 9.93. The van der Waals surface area contributed by atoms with E-state index in [0.717, 1.165) is 5.56 Å². The molecule has 0 aliphatic heterocycles. The van der Waals surface area contributed by atoms with E-state index in [1.165, 1.54) is 16.7 Å². The van der Waals surface area contributed by atoms with Gasteiger partial charge in [-0.05, 0) is 24.6 Å². The maximum Gasteiger partial charge on any atom is 0.328 e. The Morgan fingerprint density at radius 3 is 2.67 bits per heavy atom. The van der Waals surface area contributed by atoms with Gasteiger partial charge in [0.25, 0.3) is 0 Å². The molecule has 0 spiro atoms. The first-order chi connectivity index (χ1) is 8.65. The van der Waals surface area contributed by atoms with Crippen LogP contribution in [0, 0.1) is 17.1 Å². The van der Waals surface area contributed by atoms with Gasteiger partial charge < -0.3 is 0 Å². The highest BCUT2D eigenvalue weighted by Crippen LogP contribution is 2.10. The van der Waals surface area contributed by atoms with Crippen LogP contribution in [-0.2, 0) is 13.1 Å². The Hall–Kier alpha value is -2.35. The van der Waals surface area contributed by atoms with Crippen molar-refractivity contribution in [3.8, 4) is 6.07 Å². The van der Waals surface area contributed by atoms with Crippen LogP contribution in [-0.4, -0.2) is 9.13 Å². The molecule has 2 aromatic rings. The second-order valence-electron chi connectivity index (χ2n) is 3.92. The molecule has 4 nitrogen and oxygen atoms in total. The van der Waals surface area contributed by atoms with Gasteiger partial charge >= 0.3 is 5.69 Å². The number of rotatable bonds is 3. The van der Waals surface area contributed by atoms with Gasteiger partial charge in [0.1, 0.15) is 11.9 Å². The van der Waals surface area contributed by atoms with Crippen molar-refractivity contribution in [2.75, 3.05) is 0 Å². The number of halogens is 1. The van der Waals surface area contributed by atoms with Gasteiger partial charge in [-0.15, -0.1) is 0 Å². The van der Waals surface area contributed by atoms with Crippen LogP contribution >= 0.6 is 0 Å². The third-order valence-corrected chi connectivity index (χ3v) is 2.76. The smallest absolute Gasteiger partial charge is 0.300 e. The molecule has 0 saturated heterocycles. The predicted octanol–water partition coefficient (Wildman–Crippen LogP) is 1.73. The van der Waals surface area contributed by atoms with Crippen molar-refractivity contribution in [3.05, 3.63) is 58.0 Å². The number of hydrogen-bond donors (Lipinski definition) is 0. The normalized spacial score (nSPS) is 10.3. The highest BCUT2D eigenvalue weighted by molar-refractivity contribution is 5.34. The molecule has 0 atom stereocenters. The second-order valence-corrected chi connectivity index (χ2v) is 3.92. The molecule has 5 heteroatoms. The Bertz CT molecular complexity index is 664. The molecule has 0 radical (unpaired) electrons. The lowest BCUT2D eigenvalue weighted by Gasteiger charge is -2.03. The number of nitriles is 1. The van der Waals surface area contributed by atoms with E-state index in [0.29, 0.717) is 13.1 Å². The van der Waals surface area contributed by atoms with E-state index in [1.807, 2.05) is 6.92 Å². The van der Waals surface area contributed by atoms with Crippen LogP contribution < -0.4 is 5.69 Å². The fraction of sp³-hybridized carbons (Fsp3) is 0.231. The Morgan fingerprint density at radius 2 is 2.06 bits per heavy atom. The van der Waals surface area contributed by atoms with Crippen molar-refractivity contribution in [2.45, 2.75) is 20.0 Å². The molecule has 0 unspecified atom stereocenters. The molecule has 0 fully saturated rings. The van der Waals surface area contributed by atoms with Crippen LogP contribution in [0.5, 0.6) is 0 Å². The summed E-state index contributed by atoms with van der Waals surface area (Å²) in [6, 6.07) is 6.07. The van der Waals surface area contributed by atoms with Crippen LogP contribution in [0.15, 0.2) is 35.4 Å². The summed E-state index contributed by atoms with van der Waals surface area (Å²) < 4.78 is 16.3. The summed E-state index contributed by atoms with van der Waals surface area (Å²) in [4.78, 5) is 11.8. The van der Waals surface area contributed by atoms with Crippen molar-refractivity contribution in [2.24, 2.45) is 0 Å². The lowest BCUT2D eigenvalue weighted by molar-refractivity contribution is 0.621. The molecule has 1 aromatic carbocycles. The number of nitrogens with zero attached hydrogens (tertiary/aromatic N) is 3. The van der Waals surface area contributed by atoms with Gasteiger partial charge in [-0.25, -0.2) is 9.18 Å². The van der Waals surface area contributed by atoms with Gasteiger partial charge in [0, 0.05) is 18.9 Å². The summed E-state index contributed by atoms with van der Waals surface area (Å²) in [5.74, 6) is -0.542. The molecule has 1 heterocycles. The van der Waals surface area contributed by atoms with Gasteiger partial charge in [-0.1, -0.05) is 6.07 Å². The van der Waals surface area contributed by atoms with Crippen molar-refractivity contribution in [1.82, 2.24) is 9.13 Å². The molecule has 0 aliphatic carbocycles. The van der Waals surface area contributed by atoms with E-state index in [1.54, 1.807) is 29.1 Å². The summed E-state index contributed by atoms with van der Waals surface area (Å²) >= 11 is 0. The lowest BCUT2D eigenvalue weighted by Crippen LogP contribution is -2.23. The van der Waals surface area contributed by atoms with Crippen molar-refractivity contribution in [3.63, 3.8) is 0 Å². The molecule has 0 bridgehead atoms. The fourth-order valence-electron chi connectivity index (χ4n) is 1.77. The van der Waals surface area contributed by atoms with Crippen molar-refractivity contribution >= 4 is 0 Å². The van der Waals surface area contributed by atoms with E-state index < -0.39 is 5.82 Å². The van der Waals surface area contributed by atoms with Gasteiger partial charge in [0.05, 0.1) is 12.1 Å². The largest absolute Gasteiger partial charge is 0.328 e. The van der Waals surface area contributed by atoms with Crippen LogP contribution in [0.2, 0.25) is 0 Å². The van der Waals surface area contributed by atoms with E-state index in [9.17, 15) is 9.18 Å². The van der Waals surface area contributed by atoms with Gasteiger partial charge in [0.2, 0.25) is 0 Å². The first-order valence-electron chi connectivity index (χ1n) is 5.59.